The lowest BCUT2D eigenvalue weighted by Crippen LogP contribution is -2.23. The summed E-state index contributed by atoms with van der Waals surface area (Å²) in [5, 5.41) is 6.81. The van der Waals surface area contributed by atoms with Gasteiger partial charge >= 0.3 is 0 Å². The standard InChI is InChI=1S/C19H18N4O4/c24-17(21-12-13-1-2-15-16(11-13)26-10-9-25-15)3-4-18-22-19(23-27-18)14-5-7-20-8-6-14/h1-2,5-8,11H,3-4,9-10,12H2,(H,21,24). The van der Waals surface area contributed by atoms with Crippen molar-refractivity contribution in [1.29, 1.82) is 0 Å². The van der Waals surface area contributed by atoms with Crippen molar-refractivity contribution in [3.8, 4) is 22.9 Å². The first-order valence-corrected chi connectivity index (χ1v) is 8.66. The van der Waals surface area contributed by atoms with E-state index in [0.717, 1.165) is 16.9 Å². The minimum atomic E-state index is -0.0893. The number of carbonyl (C=O) groups excluding carboxylic acids is 1. The van der Waals surface area contributed by atoms with E-state index in [2.05, 4.69) is 20.4 Å². The van der Waals surface area contributed by atoms with Crippen LogP contribution in [0.5, 0.6) is 11.5 Å². The molecule has 0 aliphatic carbocycles. The second-order valence-electron chi connectivity index (χ2n) is 6.00. The van der Waals surface area contributed by atoms with Crippen LogP contribution in [0.4, 0.5) is 0 Å². The largest absolute Gasteiger partial charge is 0.486 e. The lowest BCUT2D eigenvalue weighted by molar-refractivity contribution is -0.121. The van der Waals surface area contributed by atoms with Crippen molar-refractivity contribution in [3.63, 3.8) is 0 Å². The van der Waals surface area contributed by atoms with Gasteiger partial charge in [0.25, 0.3) is 0 Å². The minimum Gasteiger partial charge on any atom is -0.486 e. The fraction of sp³-hybridized carbons (Fsp3) is 0.263. The molecule has 1 N–H and O–H groups in total. The molecule has 1 amide bonds. The zero-order chi connectivity index (χ0) is 18.5. The van der Waals surface area contributed by atoms with Gasteiger partial charge in [-0.25, -0.2) is 0 Å². The van der Waals surface area contributed by atoms with E-state index in [1.165, 1.54) is 0 Å². The van der Waals surface area contributed by atoms with Crippen molar-refractivity contribution < 1.29 is 18.8 Å². The number of benzene rings is 1. The Bertz CT molecular complexity index is 926. The molecule has 4 rings (SSSR count). The minimum absolute atomic E-state index is 0.0893. The van der Waals surface area contributed by atoms with Crippen LogP contribution in [-0.2, 0) is 17.8 Å². The van der Waals surface area contributed by atoms with Crippen LogP contribution in [0.1, 0.15) is 17.9 Å². The summed E-state index contributed by atoms with van der Waals surface area (Å²) < 4.78 is 16.2. The molecule has 8 nitrogen and oxygen atoms in total. The zero-order valence-electron chi connectivity index (χ0n) is 14.6. The van der Waals surface area contributed by atoms with Crippen LogP contribution in [0.3, 0.4) is 0 Å². The van der Waals surface area contributed by atoms with E-state index in [1.807, 2.05) is 18.2 Å². The number of carbonyl (C=O) groups is 1. The Morgan fingerprint density at radius 2 is 1.89 bits per heavy atom. The highest BCUT2D eigenvalue weighted by Crippen LogP contribution is 2.30. The van der Waals surface area contributed by atoms with Crippen LogP contribution < -0.4 is 14.8 Å². The Morgan fingerprint density at radius 1 is 1.07 bits per heavy atom. The average molecular weight is 366 g/mol. The highest BCUT2D eigenvalue weighted by atomic mass is 16.6. The number of fused-ring (bicyclic) bond motifs is 1. The third kappa shape index (κ3) is 4.22. The molecule has 1 aromatic carbocycles. The van der Waals surface area contributed by atoms with Gasteiger partial charge in [-0.1, -0.05) is 11.2 Å². The van der Waals surface area contributed by atoms with E-state index in [9.17, 15) is 4.79 Å². The van der Waals surface area contributed by atoms with E-state index < -0.39 is 0 Å². The quantitative estimate of drug-likeness (QED) is 0.713. The molecule has 3 aromatic rings. The molecule has 0 radical (unpaired) electrons. The molecule has 0 unspecified atom stereocenters. The van der Waals surface area contributed by atoms with Crippen molar-refractivity contribution in [2.24, 2.45) is 0 Å². The third-order valence-electron chi connectivity index (χ3n) is 4.07. The summed E-state index contributed by atoms with van der Waals surface area (Å²) in [5.74, 6) is 2.27. The van der Waals surface area contributed by atoms with Crippen LogP contribution in [0.25, 0.3) is 11.4 Å². The van der Waals surface area contributed by atoms with E-state index in [-0.39, 0.29) is 12.3 Å². The van der Waals surface area contributed by atoms with Gasteiger partial charge in [-0.05, 0) is 29.8 Å². The van der Waals surface area contributed by atoms with Gasteiger partial charge in [0, 0.05) is 37.3 Å². The van der Waals surface area contributed by atoms with Crippen LogP contribution >= 0.6 is 0 Å². The van der Waals surface area contributed by atoms with Crippen LogP contribution in [-0.4, -0.2) is 34.2 Å². The van der Waals surface area contributed by atoms with Gasteiger partial charge in [0.15, 0.2) is 11.5 Å². The number of hydrogen-bond acceptors (Lipinski definition) is 7. The summed E-state index contributed by atoms with van der Waals surface area (Å²) in [6, 6.07) is 9.25. The molecule has 0 saturated heterocycles. The summed E-state index contributed by atoms with van der Waals surface area (Å²) >= 11 is 0. The fourth-order valence-electron chi connectivity index (χ4n) is 2.68. The maximum atomic E-state index is 12.1. The smallest absolute Gasteiger partial charge is 0.227 e. The van der Waals surface area contributed by atoms with E-state index in [1.54, 1.807) is 24.5 Å². The van der Waals surface area contributed by atoms with E-state index in [4.69, 9.17) is 14.0 Å². The van der Waals surface area contributed by atoms with Gasteiger partial charge in [0.2, 0.25) is 17.6 Å². The Kier molecular flexibility index (Phi) is 4.95. The lowest BCUT2D eigenvalue weighted by Gasteiger charge is -2.18. The topological polar surface area (TPSA) is 99.4 Å². The molecule has 0 saturated carbocycles. The molecule has 27 heavy (non-hydrogen) atoms. The molecule has 0 fully saturated rings. The molecule has 0 atom stereocenters. The molecule has 2 aromatic heterocycles. The molecule has 3 heterocycles. The van der Waals surface area contributed by atoms with Gasteiger partial charge < -0.3 is 19.3 Å². The molecule has 8 heteroatoms. The van der Waals surface area contributed by atoms with Crippen LogP contribution in [0, 0.1) is 0 Å². The van der Waals surface area contributed by atoms with Crippen LogP contribution in [0.2, 0.25) is 0 Å². The summed E-state index contributed by atoms with van der Waals surface area (Å²) in [4.78, 5) is 20.3. The second kappa shape index (κ2) is 7.86. The Hall–Kier alpha value is -3.42. The third-order valence-corrected chi connectivity index (χ3v) is 4.07. The van der Waals surface area contributed by atoms with Gasteiger partial charge in [-0.3, -0.25) is 9.78 Å². The van der Waals surface area contributed by atoms with Crippen molar-refractivity contribution in [2.45, 2.75) is 19.4 Å². The molecule has 0 bridgehead atoms. The number of pyridine rings is 1. The van der Waals surface area contributed by atoms with E-state index in [0.29, 0.717) is 43.6 Å². The van der Waals surface area contributed by atoms with Crippen molar-refractivity contribution in [1.82, 2.24) is 20.4 Å². The first kappa shape index (κ1) is 17.0. The first-order chi connectivity index (χ1) is 13.3. The monoisotopic (exact) mass is 366 g/mol. The average Bonchev–Trinajstić information content (AvgIpc) is 3.20. The molecule has 1 aliphatic heterocycles. The maximum absolute atomic E-state index is 12.1. The Balaban J connectivity index is 1.27. The zero-order valence-corrected chi connectivity index (χ0v) is 14.6. The molecule has 138 valence electrons. The van der Waals surface area contributed by atoms with Crippen molar-refractivity contribution >= 4 is 5.91 Å². The first-order valence-electron chi connectivity index (χ1n) is 8.66. The predicted molar refractivity (Wildman–Crippen MR) is 95.1 cm³/mol. The van der Waals surface area contributed by atoms with E-state index >= 15 is 0 Å². The van der Waals surface area contributed by atoms with Gasteiger partial charge in [-0.2, -0.15) is 4.98 Å². The van der Waals surface area contributed by atoms with Gasteiger partial charge in [0.1, 0.15) is 13.2 Å². The number of hydrogen-bond donors (Lipinski definition) is 1. The number of aromatic nitrogens is 3. The molecule has 0 spiro atoms. The van der Waals surface area contributed by atoms with Crippen molar-refractivity contribution in [3.05, 3.63) is 54.2 Å². The summed E-state index contributed by atoms with van der Waals surface area (Å²) in [6.07, 6.45) is 3.97. The second-order valence-corrected chi connectivity index (χ2v) is 6.00. The molecule has 1 aliphatic rings. The lowest BCUT2D eigenvalue weighted by atomic mass is 10.2. The maximum Gasteiger partial charge on any atom is 0.227 e. The number of amides is 1. The summed E-state index contributed by atoms with van der Waals surface area (Å²) in [6.45, 7) is 1.51. The highest BCUT2D eigenvalue weighted by Gasteiger charge is 2.13. The summed E-state index contributed by atoms with van der Waals surface area (Å²) in [7, 11) is 0. The SMILES string of the molecule is O=C(CCc1nc(-c2ccncc2)no1)NCc1ccc2c(c1)OCCO2. The van der Waals surface area contributed by atoms with Crippen molar-refractivity contribution in [2.75, 3.05) is 13.2 Å². The van der Waals surface area contributed by atoms with Gasteiger partial charge in [-0.15, -0.1) is 0 Å². The molecular weight excluding hydrogens is 348 g/mol. The van der Waals surface area contributed by atoms with Gasteiger partial charge in [0.05, 0.1) is 0 Å². The summed E-state index contributed by atoms with van der Waals surface area (Å²) in [5.41, 5.74) is 1.77. The normalized spacial score (nSPS) is 12.6. The Morgan fingerprint density at radius 3 is 2.74 bits per heavy atom. The number of rotatable bonds is 6. The van der Waals surface area contributed by atoms with Crippen LogP contribution in [0.15, 0.2) is 47.2 Å². The number of nitrogens with one attached hydrogen (secondary N) is 1. The number of ether oxygens (including phenoxy) is 2. The Labute approximate surface area is 155 Å². The number of aryl methyl sites for hydroxylation is 1. The number of nitrogens with zero attached hydrogens (tertiary/aromatic N) is 3. The fourth-order valence-corrected chi connectivity index (χ4v) is 2.68. The predicted octanol–water partition coefficient (Wildman–Crippen LogP) is 2.15. The molecular formula is C19H18N4O4. The highest BCUT2D eigenvalue weighted by molar-refractivity contribution is 5.76.